The number of rotatable bonds is 7. The van der Waals surface area contributed by atoms with Gasteiger partial charge < -0.3 is 19.3 Å². The number of para-hydroxylation sites is 2. The number of nitriles is 1. The molecule has 0 spiro atoms. The van der Waals surface area contributed by atoms with Crippen molar-refractivity contribution in [2.45, 2.75) is 0 Å². The second-order valence-corrected chi connectivity index (χ2v) is 6.08. The first kappa shape index (κ1) is 23.2. The minimum atomic E-state index is 0.0417. The number of aromatic hydroxyl groups is 1. The smallest absolute Gasteiger partial charge is 0.293 e. The zero-order valence-corrected chi connectivity index (χ0v) is 17.2. The summed E-state index contributed by atoms with van der Waals surface area (Å²) in [6, 6.07) is 17.0. The summed E-state index contributed by atoms with van der Waals surface area (Å²) in [4.78, 5) is 18.2. The lowest BCUT2D eigenvalue weighted by atomic mass is 10.1. The van der Waals surface area contributed by atoms with Crippen LogP contribution in [0.15, 0.2) is 67.2 Å². The number of benzene rings is 2. The van der Waals surface area contributed by atoms with Gasteiger partial charge in [-0.25, -0.2) is 9.97 Å². The van der Waals surface area contributed by atoms with Crippen LogP contribution in [-0.2, 0) is 14.3 Å². The molecule has 0 aliphatic rings. The molecule has 0 fully saturated rings. The molecule has 0 atom stereocenters. The quantitative estimate of drug-likeness (QED) is 0.328. The zero-order chi connectivity index (χ0) is 22.5. The van der Waals surface area contributed by atoms with Crippen LogP contribution >= 0.6 is 11.6 Å². The molecule has 1 aromatic heterocycles. The highest BCUT2D eigenvalue weighted by Crippen LogP contribution is 2.30. The molecule has 0 aliphatic heterocycles. The van der Waals surface area contributed by atoms with Crippen LogP contribution in [0.1, 0.15) is 11.1 Å². The lowest BCUT2D eigenvalue weighted by molar-refractivity contribution is -0.127. The number of nitrogens with zero attached hydrogens (tertiary/aromatic N) is 3. The Bertz CT molecular complexity index is 1080. The summed E-state index contributed by atoms with van der Waals surface area (Å²) in [5.41, 5.74) is 1.67. The zero-order valence-electron chi connectivity index (χ0n) is 16.4. The van der Waals surface area contributed by atoms with Gasteiger partial charge in [-0.3, -0.25) is 4.79 Å². The van der Waals surface area contributed by atoms with Gasteiger partial charge in [0.05, 0.1) is 18.9 Å². The number of phenols is 1. The van der Waals surface area contributed by atoms with Gasteiger partial charge in [-0.1, -0.05) is 41.9 Å². The number of methoxy groups -OCH3 is 1. The predicted molar refractivity (Wildman–Crippen MR) is 113 cm³/mol. The Labute approximate surface area is 183 Å². The SMILES string of the molecule is CO/C=C(/COC=O)c1ccccc1Oc1cc(Cl)ncn1.N#Cc1ccccc1O. The third kappa shape index (κ3) is 7.34. The normalized spacial score (nSPS) is 10.2. The molecule has 3 aromatic rings. The van der Waals surface area contributed by atoms with E-state index >= 15 is 0 Å². The topological polar surface area (TPSA) is 115 Å². The van der Waals surface area contributed by atoms with Gasteiger partial charge in [0.2, 0.25) is 5.88 Å². The van der Waals surface area contributed by atoms with Crippen LogP contribution in [0.3, 0.4) is 0 Å². The van der Waals surface area contributed by atoms with Gasteiger partial charge >= 0.3 is 0 Å². The number of hydrogen-bond acceptors (Lipinski definition) is 8. The Morgan fingerprint density at radius 1 is 1.19 bits per heavy atom. The van der Waals surface area contributed by atoms with Crippen molar-refractivity contribution in [1.82, 2.24) is 9.97 Å². The van der Waals surface area contributed by atoms with Crippen molar-refractivity contribution < 1.29 is 24.1 Å². The Morgan fingerprint density at radius 3 is 2.58 bits per heavy atom. The average Bonchev–Trinajstić information content (AvgIpc) is 2.78. The lowest BCUT2D eigenvalue weighted by Crippen LogP contribution is -2.00. The molecule has 2 aromatic carbocycles. The van der Waals surface area contributed by atoms with Gasteiger partial charge in [-0.2, -0.15) is 5.26 Å². The van der Waals surface area contributed by atoms with Gasteiger partial charge in [0, 0.05) is 17.2 Å². The maximum atomic E-state index is 10.4. The molecule has 0 saturated carbocycles. The molecule has 3 rings (SSSR count). The second kappa shape index (κ2) is 12.5. The van der Waals surface area contributed by atoms with Crippen molar-refractivity contribution in [1.29, 1.82) is 5.26 Å². The summed E-state index contributed by atoms with van der Waals surface area (Å²) in [6.07, 6.45) is 2.79. The number of ether oxygens (including phenoxy) is 3. The third-order valence-corrected chi connectivity index (χ3v) is 3.85. The van der Waals surface area contributed by atoms with Gasteiger partial charge in [-0.15, -0.1) is 0 Å². The van der Waals surface area contributed by atoms with Crippen molar-refractivity contribution in [2.24, 2.45) is 0 Å². The van der Waals surface area contributed by atoms with Crippen LogP contribution in [0.5, 0.6) is 17.4 Å². The van der Waals surface area contributed by atoms with Crippen LogP contribution < -0.4 is 4.74 Å². The van der Waals surface area contributed by atoms with E-state index in [2.05, 4.69) is 9.97 Å². The van der Waals surface area contributed by atoms with E-state index in [9.17, 15) is 4.79 Å². The summed E-state index contributed by atoms with van der Waals surface area (Å²) in [7, 11) is 1.51. The van der Waals surface area contributed by atoms with Crippen LogP contribution in [0.2, 0.25) is 5.15 Å². The fourth-order valence-electron chi connectivity index (χ4n) is 2.32. The predicted octanol–water partition coefficient (Wildman–Crippen LogP) is 4.35. The van der Waals surface area contributed by atoms with Crippen molar-refractivity contribution >= 4 is 23.6 Å². The first-order valence-electron chi connectivity index (χ1n) is 8.79. The Morgan fingerprint density at radius 2 is 1.94 bits per heavy atom. The largest absolute Gasteiger partial charge is 0.507 e. The van der Waals surface area contributed by atoms with Crippen LogP contribution in [0.25, 0.3) is 5.57 Å². The Balaban J connectivity index is 0.000000316. The van der Waals surface area contributed by atoms with E-state index in [1.807, 2.05) is 24.3 Å². The molecule has 1 heterocycles. The lowest BCUT2D eigenvalue weighted by Gasteiger charge is -2.12. The second-order valence-electron chi connectivity index (χ2n) is 5.69. The summed E-state index contributed by atoms with van der Waals surface area (Å²) in [5.74, 6) is 0.871. The molecule has 31 heavy (non-hydrogen) atoms. The van der Waals surface area contributed by atoms with Crippen molar-refractivity contribution in [3.8, 4) is 23.4 Å². The number of phenolic OH excluding ortho intramolecular Hbond substituents is 1. The summed E-state index contributed by atoms with van der Waals surface area (Å²) in [6.45, 7) is 0.430. The van der Waals surface area contributed by atoms with Gasteiger partial charge in [-0.05, 0) is 18.2 Å². The van der Waals surface area contributed by atoms with E-state index in [1.165, 1.54) is 31.8 Å². The molecule has 0 radical (unpaired) electrons. The standard InChI is InChI=1S/C15H13ClN2O4.C7H5NO/c1-20-7-11(8-21-10-19)12-4-2-3-5-13(12)22-15-6-14(16)17-9-18-15;8-5-6-3-1-2-4-7(6)9/h2-7,9-10H,8H2,1H3;1-4,9H/b11-7-;. The fourth-order valence-corrected chi connectivity index (χ4v) is 2.45. The maximum absolute atomic E-state index is 10.4. The number of aromatic nitrogens is 2. The average molecular weight is 440 g/mol. The van der Waals surface area contributed by atoms with Crippen molar-refractivity contribution in [3.63, 3.8) is 0 Å². The number of hydrogen-bond donors (Lipinski definition) is 1. The Kier molecular flexibility index (Phi) is 9.33. The molecule has 9 heteroatoms. The van der Waals surface area contributed by atoms with E-state index in [1.54, 1.807) is 24.3 Å². The van der Waals surface area contributed by atoms with E-state index in [4.69, 9.17) is 36.2 Å². The van der Waals surface area contributed by atoms with E-state index < -0.39 is 0 Å². The van der Waals surface area contributed by atoms with Gasteiger partial charge in [0.1, 0.15) is 35.7 Å². The molecule has 8 nitrogen and oxygen atoms in total. The maximum Gasteiger partial charge on any atom is 0.293 e. The molecule has 0 unspecified atom stereocenters. The van der Waals surface area contributed by atoms with Gasteiger partial charge in [0.15, 0.2) is 0 Å². The molecule has 158 valence electrons. The number of halogens is 1. The highest BCUT2D eigenvalue weighted by Gasteiger charge is 2.11. The van der Waals surface area contributed by atoms with Crippen LogP contribution in [0, 0.1) is 11.3 Å². The molecular weight excluding hydrogens is 422 g/mol. The fraction of sp³-hybridized carbons (Fsp3) is 0.0909. The van der Waals surface area contributed by atoms with E-state index in [0.29, 0.717) is 34.8 Å². The Hall–Kier alpha value is -4.09. The first-order chi connectivity index (χ1) is 15.1. The monoisotopic (exact) mass is 439 g/mol. The molecule has 0 aliphatic carbocycles. The highest BCUT2D eigenvalue weighted by atomic mass is 35.5. The van der Waals surface area contributed by atoms with Crippen LogP contribution in [-0.4, -0.2) is 35.3 Å². The van der Waals surface area contributed by atoms with Crippen molar-refractivity contribution in [2.75, 3.05) is 13.7 Å². The molecule has 1 N–H and O–H groups in total. The van der Waals surface area contributed by atoms with Crippen molar-refractivity contribution in [3.05, 3.63) is 83.5 Å². The minimum Gasteiger partial charge on any atom is -0.507 e. The molecule has 0 bridgehead atoms. The first-order valence-corrected chi connectivity index (χ1v) is 9.16. The van der Waals surface area contributed by atoms with E-state index in [0.717, 1.165) is 0 Å². The van der Waals surface area contributed by atoms with E-state index in [-0.39, 0.29) is 17.5 Å². The molecule has 0 saturated heterocycles. The minimum absolute atomic E-state index is 0.0417. The highest BCUT2D eigenvalue weighted by molar-refractivity contribution is 6.29. The van der Waals surface area contributed by atoms with Crippen LogP contribution in [0.4, 0.5) is 0 Å². The summed E-state index contributed by atoms with van der Waals surface area (Å²) < 4.78 is 15.5. The third-order valence-electron chi connectivity index (χ3n) is 3.65. The molecule has 0 amide bonds. The molecular formula is C22H18ClN3O5. The summed E-state index contributed by atoms with van der Waals surface area (Å²) in [5, 5.41) is 17.5. The number of carbonyl (C=O) groups excluding carboxylic acids is 1. The van der Waals surface area contributed by atoms with Gasteiger partial charge in [0.25, 0.3) is 6.47 Å². The number of carbonyl (C=O) groups is 1. The summed E-state index contributed by atoms with van der Waals surface area (Å²) >= 11 is 5.81.